The van der Waals surface area contributed by atoms with Crippen molar-refractivity contribution in [2.75, 3.05) is 50.1 Å². The van der Waals surface area contributed by atoms with Crippen molar-refractivity contribution in [2.24, 2.45) is 0 Å². The summed E-state index contributed by atoms with van der Waals surface area (Å²) in [4.78, 5) is 18.5. The van der Waals surface area contributed by atoms with E-state index in [-0.39, 0.29) is 0 Å². The molecule has 3 rings (SSSR count). The molecule has 0 spiro atoms. The van der Waals surface area contributed by atoms with Gasteiger partial charge >= 0.3 is 6.18 Å². The maximum absolute atomic E-state index is 12.6. The standard InChI is InChI=1S/C17H21F3N6/c1-24(2)16-21-6-5-15(23-16)26-9-7-25(8-10-26)12-13-3-4-14(22-11-13)17(18,19)20/h3-6,11H,7-10,12H2,1-2H3. The molecule has 0 unspecified atom stereocenters. The normalized spacial score (nSPS) is 16.0. The Morgan fingerprint density at radius 3 is 2.35 bits per heavy atom. The first-order chi connectivity index (χ1) is 12.3. The van der Waals surface area contributed by atoms with E-state index in [1.165, 1.54) is 12.3 Å². The van der Waals surface area contributed by atoms with E-state index < -0.39 is 11.9 Å². The number of halogens is 3. The Kier molecular flexibility index (Phi) is 5.26. The Bertz CT molecular complexity index is 724. The number of pyridine rings is 1. The number of aromatic nitrogens is 3. The molecule has 0 N–H and O–H groups in total. The van der Waals surface area contributed by atoms with Gasteiger partial charge in [-0.05, 0) is 17.7 Å². The van der Waals surface area contributed by atoms with Gasteiger partial charge in [0.15, 0.2) is 0 Å². The summed E-state index contributed by atoms with van der Waals surface area (Å²) in [6.07, 6.45) is -1.34. The molecule has 0 atom stereocenters. The lowest BCUT2D eigenvalue weighted by molar-refractivity contribution is -0.141. The summed E-state index contributed by atoms with van der Waals surface area (Å²) in [6, 6.07) is 4.42. The second kappa shape index (κ2) is 7.45. The van der Waals surface area contributed by atoms with Gasteiger partial charge in [0, 0.05) is 59.2 Å². The molecule has 1 aliphatic heterocycles. The van der Waals surface area contributed by atoms with Gasteiger partial charge in [-0.1, -0.05) is 6.07 Å². The number of hydrogen-bond acceptors (Lipinski definition) is 6. The lowest BCUT2D eigenvalue weighted by Crippen LogP contribution is -2.46. The third-order valence-corrected chi connectivity index (χ3v) is 4.25. The third kappa shape index (κ3) is 4.40. The molecular weight excluding hydrogens is 345 g/mol. The van der Waals surface area contributed by atoms with Crippen LogP contribution in [0, 0.1) is 0 Å². The molecule has 140 valence electrons. The topological polar surface area (TPSA) is 48.4 Å². The van der Waals surface area contributed by atoms with Crippen molar-refractivity contribution < 1.29 is 13.2 Å². The largest absolute Gasteiger partial charge is 0.433 e. The average molecular weight is 366 g/mol. The minimum atomic E-state index is -4.40. The van der Waals surface area contributed by atoms with Crippen molar-refractivity contribution in [3.05, 3.63) is 41.9 Å². The van der Waals surface area contributed by atoms with Gasteiger partial charge in [0.05, 0.1) is 0 Å². The van der Waals surface area contributed by atoms with Crippen molar-refractivity contribution in [2.45, 2.75) is 12.7 Å². The summed E-state index contributed by atoms with van der Waals surface area (Å²) in [5.74, 6) is 1.56. The highest BCUT2D eigenvalue weighted by Gasteiger charge is 2.32. The van der Waals surface area contributed by atoms with E-state index in [4.69, 9.17) is 0 Å². The van der Waals surface area contributed by atoms with Crippen molar-refractivity contribution in [3.63, 3.8) is 0 Å². The van der Waals surface area contributed by atoms with E-state index in [0.29, 0.717) is 12.5 Å². The Morgan fingerprint density at radius 1 is 1.04 bits per heavy atom. The van der Waals surface area contributed by atoms with Gasteiger partial charge in [0.2, 0.25) is 5.95 Å². The summed E-state index contributed by atoms with van der Waals surface area (Å²) in [6.45, 7) is 3.81. The van der Waals surface area contributed by atoms with E-state index in [1.54, 1.807) is 6.20 Å². The van der Waals surface area contributed by atoms with Gasteiger partial charge < -0.3 is 9.80 Å². The van der Waals surface area contributed by atoms with Crippen LogP contribution in [0.25, 0.3) is 0 Å². The molecular formula is C17H21F3N6. The van der Waals surface area contributed by atoms with Gasteiger partial charge in [-0.15, -0.1) is 0 Å². The van der Waals surface area contributed by atoms with Gasteiger partial charge in [-0.25, -0.2) is 4.98 Å². The fourth-order valence-corrected chi connectivity index (χ4v) is 2.81. The maximum Gasteiger partial charge on any atom is 0.433 e. The molecule has 0 aliphatic carbocycles. The van der Waals surface area contributed by atoms with E-state index in [2.05, 4.69) is 24.8 Å². The zero-order chi connectivity index (χ0) is 18.7. The van der Waals surface area contributed by atoms with Crippen molar-refractivity contribution in [1.29, 1.82) is 0 Å². The van der Waals surface area contributed by atoms with Gasteiger partial charge in [0.25, 0.3) is 0 Å². The molecule has 0 radical (unpaired) electrons. The molecule has 3 heterocycles. The molecule has 1 aliphatic rings. The Morgan fingerprint density at radius 2 is 1.77 bits per heavy atom. The lowest BCUT2D eigenvalue weighted by atomic mass is 10.2. The molecule has 2 aromatic heterocycles. The van der Waals surface area contributed by atoms with Crippen LogP contribution in [-0.2, 0) is 12.7 Å². The highest BCUT2D eigenvalue weighted by Crippen LogP contribution is 2.27. The highest BCUT2D eigenvalue weighted by molar-refractivity contribution is 5.43. The highest BCUT2D eigenvalue weighted by atomic mass is 19.4. The Hall–Kier alpha value is -2.42. The van der Waals surface area contributed by atoms with Crippen LogP contribution in [0.5, 0.6) is 0 Å². The van der Waals surface area contributed by atoms with Crippen LogP contribution in [0.3, 0.4) is 0 Å². The van der Waals surface area contributed by atoms with Crippen LogP contribution in [0.1, 0.15) is 11.3 Å². The second-order valence-electron chi connectivity index (χ2n) is 6.42. The zero-order valence-corrected chi connectivity index (χ0v) is 14.7. The third-order valence-electron chi connectivity index (χ3n) is 4.25. The summed E-state index contributed by atoms with van der Waals surface area (Å²) in [5, 5.41) is 0. The Labute approximate surface area is 150 Å². The van der Waals surface area contributed by atoms with Crippen molar-refractivity contribution in [3.8, 4) is 0 Å². The van der Waals surface area contributed by atoms with Crippen LogP contribution in [0.4, 0.5) is 24.9 Å². The minimum absolute atomic E-state index is 0.589. The smallest absolute Gasteiger partial charge is 0.354 e. The Balaban J connectivity index is 1.56. The summed E-state index contributed by atoms with van der Waals surface area (Å²) in [7, 11) is 3.80. The van der Waals surface area contributed by atoms with E-state index >= 15 is 0 Å². The lowest BCUT2D eigenvalue weighted by Gasteiger charge is -2.35. The van der Waals surface area contributed by atoms with Crippen molar-refractivity contribution >= 4 is 11.8 Å². The van der Waals surface area contributed by atoms with Gasteiger partial charge in [-0.3, -0.25) is 9.88 Å². The number of nitrogens with zero attached hydrogens (tertiary/aromatic N) is 6. The number of rotatable bonds is 4. The van der Waals surface area contributed by atoms with E-state index in [9.17, 15) is 13.2 Å². The van der Waals surface area contributed by atoms with E-state index in [0.717, 1.165) is 43.6 Å². The van der Waals surface area contributed by atoms with Gasteiger partial charge in [0.1, 0.15) is 11.5 Å². The predicted molar refractivity (Wildman–Crippen MR) is 93.1 cm³/mol. The molecule has 26 heavy (non-hydrogen) atoms. The fraction of sp³-hybridized carbons (Fsp3) is 0.471. The summed E-state index contributed by atoms with van der Waals surface area (Å²) < 4.78 is 37.7. The first-order valence-electron chi connectivity index (χ1n) is 8.33. The minimum Gasteiger partial charge on any atom is -0.354 e. The quantitative estimate of drug-likeness (QED) is 0.828. The van der Waals surface area contributed by atoms with E-state index in [1.807, 2.05) is 25.1 Å². The predicted octanol–water partition coefficient (Wildman–Crippen LogP) is 2.28. The molecule has 1 saturated heterocycles. The molecule has 2 aromatic rings. The molecule has 0 aromatic carbocycles. The molecule has 9 heteroatoms. The first-order valence-corrected chi connectivity index (χ1v) is 8.33. The maximum atomic E-state index is 12.6. The molecule has 1 fully saturated rings. The van der Waals surface area contributed by atoms with Gasteiger partial charge in [-0.2, -0.15) is 18.2 Å². The zero-order valence-electron chi connectivity index (χ0n) is 14.7. The number of piperazine rings is 1. The number of anilines is 2. The SMILES string of the molecule is CN(C)c1nccc(N2CCN(Cc3ccc(C(F)(F)F)nc3)CC2)n1. The number of alkyl halides is 3. The molecule has 6 nitrogen and oxygen atoms in total. The van der Waals surface area contributed by atoms with Crippen LogP contribution >= 0.6 is 0 Å². The monoisotopic (exact) mass is 366 g/mol. The molecule has 0 amide bonds. The fourth-order valence-electron chi connectivity index (χ4n) is 2.81. The first kappa shape index (κ1) is 18.4. The molecule has 0 saturated carbocycles. The summed E-state index contributed by atoms with van der Waals surface area (Å²) >= 11 is 0. The second-order valence-corrected chi connectivity index (χ2v) is 6.42. The van der Waals surface area contributed by atoms with Crippen molar-refractivity contribution in [1.82, 2.24) is 19.9 Å². The summed E-state index contributed by atoms with van der Waals surface area (Å²) in [5.41, 5.74) is -0.0742. The molecule has 0 bridgehead atoms. The average Bonchev–Trinajstić information content (AvgIpc) is 2.62. The van der Waals surface area contributed by atoms with Crippen LogP contribution < -0.4 is 9.80 Å². The van der Waals surface area contributed by atoms with Crippen LogP contribution in [0.15, 0.2) is 30.6 Å². The van der Waals surface area contributed by atoms with Crippen LogP contribution in [0.2, 0.25) is 0 Å². The van der Waals surface area contributed by atoms with Crippen LogP contribution in [-0.4, -0.2) is 60.1 Å². The number of hydrogen-bond donors (Lipinski definition) is 0.